The number of carbonyl (C=O) groups is 2. The molecule has 2 saturated heterocycles. The molecule has 3 aliphatic rings. The zero-order valence-electron chi connectivity index (χ0n) is 18.7. The maximum Gasteiger partial charge on any atom is 0.243 e. The van der Waals surface area contributed by atoms with Crippen LogP contribution < -0.4 is 5.32 Å². The lowest BCUT2D eigenvalue weighted by Crippen LogP contribution is -2.52. The van der Waals surface area contributed by atoms with Crippen molar-refractivity contribution in [2.24, 2.45) is 5.92 Å². The van der Waals surface area contributed by atoms with Crippen molar-refractivity contribution in [1.82, 2.24) is 14.1 Å². The number of sulfonamides is 1. The van der Waals surface area contributed by atoms with Crippen LogP contribution in [-0.4, -0.2) is 80.2 Å². The minimum atomic E-state index is -3.51. The zero-order valence-corrected chi connectivity index (χ0v) is 19.5. The molecule has 1 aromatic rings. The van der Waals surface area contributed by atoms with Gasteiger partial charge in [-0.05, 0) is 43.9 Å². The Balaban J connectivity index is 1.27. The van der Waals surface area contributed by atoms with E-state index < -0.39 is 10.0 Å². The Kier molecular flexibility index (Phi) is 7.48. The van der Waals surface area contributed by atoms with E-state index in [0.29, 0.717) is 45.0 Å². The van der Waals surface area contributed by atoms with Gasteiger partial charge in [-0.1, -0.05) is 25.3 Å². The van der Waals surface area contributed by atoms with E-state index in [1.807, 2.05) is 9.80 Å². The van der Waals surface area contributed by atoms with Gasteiger partial charge in [0.25, 0.3) is 0 Å². The first-order chi connectivity index (χ1) is 15.4. The van der Waals surface area contributed by atoms with Crippen LogP contribution in [0.25, 0.3) is 0 Å². The van der Waals surface area contributed by atoms with Crippen LogP contribution in [0.2, 0.25) is 0 Å². The monoisotopic (exact) mass is 462 g/mol. The quantitative estimate of drug-likeness (QED) is 0.700. The molecule has 8 nitrogen and oxygen atoms in total. The summed E-state index contributed by atoms with van der Waals surface area (Å²) in [5, 5.41) is 2.83. The van der Waals surface area contributed by atoms with E-state index in [1.165, 1.54) is 16.8 Å². The third-order valence-electron chi connectivity index (χ3n) is 6.83. The fraction of sp³-hybridized carbons (Fsp3) is 0.652. The first-order valence-electron chi connectivity index (χ1n) is 11.8. The molecule has 2 heterocycles. The molecule has 9 heteroatoms. The fourth-order valence-corrected chi connectivity index (χ4v) is 6.51. The number of anilines is 1. The molecule has 176 valence electrons. The van der Waals surface area contributed by atoms with E-state index >= 15 is 0 Å². The lowest BCUT2D eigenvalue weighted by molar-refractivity contribution is -0.138. The van der Waals surface area contributed by atoms with E-state index in [4.69, 9.17) is 0 Å². The highest BCUT2D eigenvalue weighted by Crippen LogP contribution is 2.26. The summed E-state index contributed by atoms with van der Waals surface area (Å²) in [5.74, 6) is 0.292. The first kappa shape index (κ1) is 23.2. The SMILES string of the molecule is O=C(CN1CCN(C(=O)C2CCCCC2)CC1)Nc1cccc(S(=O)(=O)N2CCCC2)c1. The number of amides is 2. The molecule has 1 aromatic carbocycles. The van der Waals surface area contributed by atoms with Crippen LogP contribution in [-0.2, 0) is 19.6 Å². The highest BCUT2D eigenvalue weighted by atomic mass is 32.2. The highest BCUT2D eigenvalue weighted by molar-refractivity contribution is 7.89. The molecule has 1 N–H and O–H groups in total. The van der Waals surface area contributed by atoms with Crippen molar-refractivity contribution in [3.05, 3.63) is 24.3 Å². The average molecular weight is 463 g/mol. The van der Waals surface area contributed by atoms with Gasteiger partial charge in [0.05, 0.1) is 11.4 Å². The van der Waals surface area contributed by atoms with Crippen LogP contribution in [0.4, 0.5) is 5.69 Å². The predicted octanol–water partition coefficient (Wildman–Crippen LogP) is 2.13. The molecule has 0 spiro atoms. The summed E-state index contributed by atoms with van der Waals surface area (Å²) >= 11 is 0. The molecular weight excluding hydrogens is 428 g/mol. The van der Waals surface area contributed by atoms with Crippen LogP contribution in [0.15, 0.2) is 29.2 Å². The van der Waals surface area contributed by atoms with Crippen molar-refractivity contribution in [3.8, 4) is 0 Å². The summed E-state index contributed by atoms with van der Waals surface area (Å²) in [4.78, 5) is 29.5. The Morgan fingerprint density at radius 1 is 0.906 bits per heavy atom. The summed E-state index contributed by atoms with van der Waals surface area (Å²) < 4.78 is 27.0. The third-order valence-corrected chi connectivity index (χ3v) is 8.72. The Morgan fingerprint density at radius 3 is 2.28 bits per heavy atom. The van der Waals surface area contributed by atoms with E-state index in [0.717, 1.165) is 38.5 Å². The third kappa shape index (κ3) is 5.50. The Morgan fingerprint density at radius 2 is 1.59 bits per heavy atom. The molecule has 4 rings (SSSR count). The predicted molar refractivity (Wildman–Crippen MR) is 123 cm³/mol. The van der Waals surface area contributed by atoms with Gasteiger partial charge in [-0.15, -0.1) is 0 Å². The topological polar surface area (TPSA) is 90.0 Å². The van der Waals surface area contributed by atoms with Gasteiger partial charge >= 0.3 is 0 Å². The van der Waals surface area contributed by atoms with Crippen molar-refractivity contribution >= 4 is 27.5 Å². The lowest BCUT2D eigenvalue weighted by atomic mass is 9.88. The average Bonchev–Trinajstić information content (AvgIpc) is 3.36. The van der Waals surface area contributed by atoms with Crippen molar-refractivity contribution in [2.75, 3.05) is 51.1 Å². The molecule has 1 saturated carbocycles. The molecule has 0 bridgehead atoms. The van der Waals surface area contributed by atoms with Crippen LogP contribution in [0.1, 0.15) is 44.9 Å². The van der Waals surface area contributed by atoms with Gasteiger partial charge in [0.1, 0.15) is 0 Å². The zero-order chi connectivity index (χ0) is 22.6. The van der Waals surface area contributed by atoms with Crippen molar-refractivity contribution in [2.45, 2.75) is 49.8 Å². The van der Waals surface area contributed by atoms with Gasteiger partial charge in [-0.3, -0.25) is 14.5 Å². The van der Waals surface area contributed by atoms with E-state index in [1.54, 1.807) is 18.2 Å². The number of rotatable bonds is 6. The van der Waals surface area contributed by atoms with E-state index in [-0.39, 0.29) is 29.2 Å². The molecule has 0 atom stereocenters. The van der Waals surface area contributed by atoms with Crippen LogP contribution in [0.5, 0.6) is 0 Å². The second-order valence-electron chi connectivity index (χ2n) is 9.12. The lowest BCUT2D eigenvalue weighted by Gasteiger charge is -2.36. The van der Waals surface area contributed by atoms with Gasteiger partial charge in [0.15, 0.2) is 0 Å². The highest BCUT2D eigenvalue weighted by Gasteiger charge is 2.29. The molecule has 32 heavy (non-hydrogen) atoms. The largest absolute Gasteiger partial charge is 0.340 e. The normalized spacial score (nSPS) is 21.6. The van der Waals surface area contributed by atoms with Crippen LogP contribution in [0, 0.1) is 5.92 Å². The maximum absolute atomic E-state index is 12.8. The number of nitrogens with one attached hydrogen (secondary N) is 1. The van der Waals surface area contributed by atoms with Crippen molar-refractivity contribution < 1.29 is 18.0 Å². The summed E-state index contributed by atoms with van der Waals surface area (Å²) in [6.45, 7) is 4.00. The fourth-order valence-electron chi connectivity index (χ4n) is 4.95. The summed E-state index contributed by atoms with van der Waals surface area (Å²) in [6, 6.07) is 6.48. The minimum Gasteiger partial charge on any atom is -0.340 e. The standard InChI is InChI=1S/C23H34N4O4S/c28-22(18-25-13-15-26(16-14-25)23(29)19-7-2-1-3-8-19)24-20-9-6-10-21(17-20)32(30,31)27-11-4-5-12-27/h6,9-10,17,19H,1-5,7-8,11-16,18H2,(H,24,28). The van der Waals surface area contributed by atoms with Gasteiger partial charge < -0.3 is 10.2 Å². The number of nitrogens with zero attached hydrogens (tertiary/aromatic N) is 3. The molecule has 2 amide bonds. The summed E-state index contributed by atoms with van der Waals surface area (Å²) in [5.41, 5.74) is 0.487. The minimum absolute atomic E-state index is 0.173. The van der Waals surface area contributed by atoms with E-state index in [9.17, 15) is 18.0 Å². The number of benzene rings is 1. The van der Waals surface area contributed by atoms with Gasteiger partial charge in [-0.25, -0.2) is 8.42 Å². The number of hydrogen-bond acceptors (Lipinski definition) is 5. The first-order valence-corrected chi connectivity index (χ1v) is 13.3. The summed E-state index contributed by atoms with van der Waals surface area (Å²) in [6.07, 6.45) is 7.32. The Labute approximate surface area is 191 Å². The van der Waals surface area contributed by atoms with Crippen LogP contribution >= 0.6 is 0 Å². The Hall–Kier alpha value is -1.97. The number of carbonyl (C=O) groups excluding carboxylic acids is 2. The van der Waals surface area contributed by atoms with Crippen LogP contribution in [0.3, 0.4) is 0 Å². The van der Waals surface area contributed by atoms with Gasteiger partial charge in [-0.2, -0.15) is 4.31 Å². The molecule has 3 fully saturated rings. The van der Waals surface area contributed by atoms with Gasteiger partial charge in [0, 0.05) is 50.9 Å². The molecule has 0 radical (unpaired) electrons. The number of hydrogen-bond donors (Lipinski definition) is 1. The molecule has 0 aromatic heterocycles. The molecular formula is C23H34N4O4S. The van der Waals surface area contributed by atoms with E-state index in [2.05, 4.69) is 5.32 Å². The molecule has 0 unspecified atom stereocenters. The summed E-state index contributed by atoms with van der Waals surface area (Å²) in [7, 11) is -3.51. The maximum atomic E-state index is 12.8. The molecule has 2 aliphatic heterocycles. The second-order valence-corrected chi connectivity index (χ2v) is 11.1. The van der Waals surface area contributed by atoms with Crippen molar-refractivity contribution in [1.29, 1.82) is 0 Å². The van der Waals surface area contributed by atoms with Gasteiger partial charge in [0.2, 0.25) is 21.8 Å². The second kappa shape index (κ2) is 10.3. The molecule has 1 aliphatic carbocycles. The smallest absolute Gasteiger partial charge is 0.243 e. The Bertz CT molecular complexity index is 916. The number of piperazine rings is 1. The van der Waals surface area contributed by atoms with Crippen molar-refractivity contribution in [3.63, 3.8) is 0 Å².